The van der Waals surface area contributed by atoms with E-state index in [-0.39, 0.29) is 0 Å². The Hall–Kier alpha value is -1.06. The van der Waals surface area contributed by atoms with Gasteiger partial charge in [-0.05, 0) is 31.9 Å². The number of methoxy groups -OCH3 is 1. The molecule has 1 fully saturated rings. The Balaban J connectivity index is 1.68. The van der Waals surface area contributed by atoms with E-state index in [0.717, 1.165) is 30.9 Å². The van der Waals surface area contributed by atoms with Crippen molar-refractivity contribution in [1.82, 2.24) is 5.32 Å². The molecule has 1 heterocycles. The third kappa shape index (κ3) is 4.00. The lowest BCUT2D eigenvalue weighted by atomic mass is 10.0. The molecule has 1 aromatic rings. The fourth-order valence-corrected chi connectivity index (χ4v) is 2.40. The Morgan fingerprint density at radius 1 is 1.28 bits per heavy atom. The first-order valence-corrected chi connectivity index (χ1v) is 6.83. The van der Waals surface area contributed by atoms with Gasteiger partial charge in [-0.2, -0.15) is 0 Å². The number of para-hydroxylation sites is 1. The topological polar surface area (TPSA) is 30.5 Å². The molecule has 1 N–H and O–H groups in total. The molecule has 0 aliphatic carbocycles. The van der Waals surface area contributed by atoms with Gasteiger partial charge in [0.15, 0.2) is 0 Å². The van der Waals surface area contributed by atoms with E-state index in [1.54, 1.807) is 7.11 Å². The second-order valence-corrected chi connectivity index (χ2v) is 4.80. The minimum Gasteiger partial charge on any atom is -0.496 e. The first kappa shape index (κ1) is 13.4. The molecular formula is C15H23NO2. The molecule has 3 nitrogen and oxygen atoms in total. The zero-order chi connectivity index (χ0) is 12.6. The van der Waals surface area contributed by atoms with Crippen LogP contribution in [0.4, 0.5) is 0 Å². The Kier molecular flexibility index (Phi) is 5.49. The van der Waals surface area contributed by atoms with Gasteiger partial charge in [0.25, 0.3) is 0 Å². The van der Waals surface area contributed by atoms with Crippen LogP contribution in [0.3, 0.4) is 0 Å². The Bertz CT molecular complexity index is 348. The highest BCUT2D eigenvalue weighted by Gasteiger charge is 2.11. The number of nitrogens with one attached hydrogen (secondary N) is 1. The number of rotatable bonds is 6. The van der Waals surface area contributed by atoms with Gasteiger partial charge in [-0.25, -0.2) is 0 Å². The summed E-state index contributed by atoms with van der Waals surface area (Å²) in [5, 5.41) is 3.54. The van der Waals surface area contributed by atoms with Crippen molar-refractivity contribution in [3.63, 3.8) is 0 Å². The van der Waals surface area contributed by atoms with E-state index in [1.807, 2.05) is 18.2 Å². The van der Waals surface area contributed by atoms with Crippen LogP contribution in [0.2, 0.25) is 0 Å². The number of piperidine rings is 1. The van der Waals surface area contributed by atoms with E-state index in [4.69, 9.17) is 9.47 Å². The van der Waals surface area contributed by atoms with Crippen molar-refractivity contribution < 1.29 is 9.47 Å². The second kappa shape index (κ2) is 7.39. The zero-order valence-corrected chi connectivity index (χ0v) is 11.2. The summed E-state index contributed by atoms with van der Waals surface area (Å²) >= 11 is 0. The Labute approximate surface area is 109 Å². The lowest BCUT2D eigenvalue weighted by Gasteiger charge is -2.23. The molecule has 0 amide bonds. The monoisotopic (exact) mass is 249 g/mol. The maximum absolute atomic E-state index is 5.74. The van der Waals surface area contributed by atoms with Crippen LogP contribution in [0.25, 0.3) is 0 Å². The van der Waals surface area contributed by atoms with Crippen LogP contribution in [-0.4, -0.2) is 26.3 Å². The van der Waals surface area contributed by atoms with E-state index >= 15 is 0 Å². The summed E-state index contributed by atoms with van der Waals surface area (Å²) in [4.78, 5) is 0. The lowest BCUT2D eigenvalue weighted by Crippen LogP contribution is -2.34. The molecule has 0 radical (unpaired) electrons. The lowest BCUT2D eigenvalue weighted by molar-refractivity contribution is 0.107. The zero-order valence-electron chi connectivity index (χ0n) is 11.2. The van der Waals surface area contributed by atoms with E-state index in [9.17, 15) is 0 Å². The van der Waals surface area contributed by atoms with Crippen molar-refractivity contribution >= 4 is 0 Å². The fourth-order valence-electron chi connectivity index (χ4n) is 2.40. The molecule has 1 saturated heterocycles. The predicted octanol–water partition coefficient (Wildman–Crippen LogP) is 2.74. The Morgan fingerprint density at radius 3 is 2.94 bits per heavy atom. The van der Waals surface area contributed by atoms with Crippen molar-refractivity contribution in [2.45, 2.75) is 38.3 Å². The van der Waals surface area contributed by atoms with E-state index in [2.05, 4.69) is 11.4 Å². The van der Waals surface area contributed by atoms with Gasteiger partial charge in [0.2, 0.25) is 0 Å². The summed E-state index contributed by atoms with van der Waals surface area (Å²) in [6, 6.07) is 8.67. The quantitative estimate of drug-likeness (QED) is 0.786. The molecule has 18 heavy (non-hydrogen) atoms. The molecule has 2 rings (SSSR count). The van der Waals surface area contributed by atoms with Gasteiger partial charge in [-0.15, -0.1) is 0 Å². The molecule has 1 aromatic carbocycles. The van der Waals surface area contributed by atoms with Crippen LogP contribution in [0, 0.1) is 0 Å². The summed E-state index contributed by atoms with van der Waals surface area (Å²) in [5.41, 5.74) is 1.12. The molecule has 0 bridgehead atoms. The standard InChI is InChI=1S/C15H23NO2/c1-17-15-8-3-2-6-13(15)12-18-11-9-14-7-4-5-10-16-14/h2-3,6,8,14,16H,4-5,7,9-12H2,1H3/t14-/m1/s1. The molecule has 100 valence electrons. The largest absolute Gasteiger partial charge is 0.496 e. The summed E-state index contributed by atoms with van der Waals surface area (Å²) in [7, 11) is 1.70. The maximum atomic E-state index is 5.74. The highest BCUT2D eigenvalue weighted by Crippen LogP contribution is 2.18. The summed E-state index contributed by atoms with van der Waals surface area (Å²) in [6.45, 7) is 2.61. The van der Waals surface area contributed by atoms with Crippen molar-refractivity contribution in [1.29, 1.82) is 0 Å². The molecule has 1 aliphatic rings. The molecule has 3 heteroatoms. The smallest absolute Gasteiger partial charge is 0.124 e. The molecule has 0 spiro atoms. The van der Waals surface area contributed by atoms with Gasteiger partial charge in [-0.3, -0.25) is 0 Å². The summed E-state index contributed by atoms with van der Waals surface area (Å²) < 4.78 is 11.0. The third-order valence-electron chi connectivity index (χ3n) is 3.47. The highest BCUT2D eigenvalue weighted by atomic mass is 16.5. The number of ether oxygens (including phenoxy) is 2. The van der Waals surface area contributed by atoms with Crippen molar-refractivity contribution in [3.8, 4) is 5.75 Å². The molecular weight excluding hydrogens is 226 g/mol. The molecule has 0 unspecified atom stereocenters. The number of benzene rings is 1. The number of hydrogen-bond donors (Lipinski definition) is 1. The fraction of sp³-hybridized carbons (Fsp3) is 0.600. The highest BCUT2D eigenvalue weighted by molar-refractivity contribution is 5.32. The van der Waals surface area contributed by atoms with E-state index in [1.165, 1.54) is 19.3 Å². The normalized spacial score (nSPS) is 19.7. The SMILES string of the molecule is COc1ccccc1COCC[C@H]1CCCCN1. The third-order valence-corrected chi connectivity index (χ3v) is 3.47. The summed E-state index contributed by atoms with van der Waals surface area (Å²) in [5.74, 6) is 0.910. The van der Waals surface area contributed by atoms with Crippen LogP contribution in [-0.2, 0) is 11.3 Å². The van der Waals surface area contributed by atoms with Gasteiger partial charge in [0.1, 0.15) is 5.75 Å². The second-order valence-electron chi connectivity index (χ2n) is 4.80. The van der Waals surface area contributed by atoms with Crippen LogP contribution >= 0.6 is 0 Å². The average Bonchev–Trinajstić information content (AvgIpc) is 2.45. The van der Waals surface area contributed by atoms with E-state index < -0.39 is 0 Å². The summed E-state index contributed by atoms with van der Waals surface area (Å²) in [6.07, 6.45) is 5.07. The van der Waals surface area contributed by atoms with Gasteiger partial charge in [0.05, 0.1) is 13.7 Å². The van der Waals surface area contributed by atoms with Crippen molar-refractivity contribution in [2.75, 3.05) is 20.3 Å². The molecule has 0 aromatic heterocycles. The van der Waals surface area contributed by atoms with Crippen LogP contribution in [0.15, 0.2) is 24.3 Å². The van der Waals surface area contributed by atoms with Crippen LogP contribution < -0.4 is 10.1 Å². The molecule has 1 atom stereocenters. The molecule has 1 aliphatic heterocycles. The van der Waals surface area contributed by atoms with Gasteiger partial charge in [0, 0.05) is 18.2 Å². The predicted molar refractivity (Wildman–Crippen MR) is 72.9 cm³/mol. The minimum atomic E-state index is 0.636. The molecule has 0 saturated carbocycles. The van der Waals surface area contributed by atoms with Crippen molar-refractivity contribution in [2.24, 2.45) is 0 Å². The van der Waals surface area contributed by atoms with Gasteiger partial charge < -0.3 is 14.8 Å². The Morgan fingerprint density at radius 2 is 2.17 bits per heavy atom. The van der Waals surface area contributed by atoms with Gasteiger partial charge in [-0.1, -0.05) is 24.6 Å². The minimum absolute atomic E-state index is 0.636. The van der Waals surface area contributed by atoms with Crippen LogP contribution in [0.5, 0.6) is 5.75 Å². The number of hydrogen-bond acceptors (Lipinski definition) is 3. The average molecular weight is 249 g/mol. The van der Waals surface area contributed by atoms with E-state index in [0.29, 0.717) is 12.6 Å². The van der Waals surface area contributed by atoms with Crippen molar-refractivity contribution in [3.05, 3.63) is 29.8 Å². The first-order chi connectivity index (χ1) is 8.90. The van der Waals surface area contributed by atoms with Crippen LogP contribution in [0.1, 0.15) is 31.2 Å². The maximum Gasteiger partial charge on any atom is 0.124 e. The first-order valence-electron chi connectivity index (χ1n) is 6.83. The van der Waals surface area contributed by atoms with Gasteiger partial charge >= 0.3 is 0 Å².